The molecule has 0 aliphatic carbocycles. The van der Waals surface area contributed by atoms with Gasteiger partial charge in [-0.2, -0.15) is 11.3 Å². The molecule has 2 heterocycles. The minimum atomic E-state index is 0.630. The average Bonchev–Trinajstić information content (AvgIpc) is 2.90. The van der Waals surface area contributed by atoms with Gasteiger partial charge in [-0.15, -0.1) is 0 Å². The lowest BCUT2D eigenvalue weighted by Crippen LogP contribution is -2.06. The SMILES string of the molecule is CCCOc1cc(NCCc2ccsc2)ncn1. The summed E-state index contributed by atoms with van der Waals surface area (Å²) in [6.45, 7) is 3.62. The van der Waals surface area contributed by atoms with Crippen LogP contribution >= 0.6 is 11.3 Å². The Hall–Kier alpha value is -1.62. The van der Waals surface area contributed by atoms with E-state index >= 15 is 0 Å². The van der Waals surface area contributed by atoms with Gasteiger partial charge in [-0.1, -0.05) is 6.92 Å². The third-order valence-corrected chi connectivity index (χ3v) is 3.13. The minimum absolute atomic E-state index is 0.630. The predicted molar refractivity (Wildman–Crippen MR) is 74.3 cm³/mol. The molecule has 0 fully saturated rings. The van der Waals surface area contributed by atoms with Gasteiger partial charge in [-0.05, 0) is 35.2 Å². The van der Waals surface area contributed by atoms with Crippen molar-refractivity contribution in [1.82, 2.24) is 9.97 Å². The van der Waals surface area contributed by atoms with E-state index in [1.54, 1.807) is 11.3 Å². The van der Waals surface area contributed by atoms with Crippen LogP contribution in [0.15, 0.2) is 29.2 Å². The summed E-state index contributed by atoms with van der Waals surface area (Å²) in [6.07, 6.45) is 3.50. The zero-order valence-electron chi connectivity index (χ0n) is 10.4. The smallest absolute Gasteiger partial charge is 0.218 e. The van der Waals surface area contributed by atoms with Gasteiger partial charge in [0, 0.05) is 12.6 Å². The van der Waals surface area contributed by atoms with Crippen LogP contribution in [0.5, 0.6) is 5.88 Å². The number of anilines is 1. The number of ether oxygens (including phenoxy) is 1. The molecular weight excluding hydrogens is 246 g/mol. The fourth-order valence-corrected chi connectivity index (χ4v) is 2.19. The van der Waals surface area contributed by atoms with Crippen molar-refractivity contribution in [2.45, 2.75) is 19.8 Å². The van der Waals surface area contributed by atoms with Gasteiger partial charge < -0.3 is 10.1 Å². The Labute approximate surface area is 111 Å². The van der Waals surface area contributed by atoms with Gasteiger partial charge in [-0.3, -0.25) is 0 Å². The average molecular weight is 263 g/mol. The lowest BCUT2D eigenvalue weighted by molar-refractivity contribution is 0.305. The molecule has 96 valence electrons. The van der Waals surface area contributed by atoms with E-state index in [0.717, 1.165) is 25.2 Å². The highest BCUT2D eigenvalue weighted by molar-refractivity contribution is 7.07. The molecule has 0 atom stereocenters. The molecule has 2 aromatic rings. The minimum Gasteiger partial charge on any atom is -0.478 e. The Morgan fingerprint density at radius 3 is 3.11 bits per heavy atom. The molecule has 0 saturated heterocycles. The highest BCUT2D eigenvalue weighted by Crippen LogP contribution is 2.12. The summed E-state index contributed by atoms with van der Waals surface area (Å²) in [4.78, 5) is 8.23. The first-order chi connectivity index (χ1) is 8.88. The predicted octanol–water partition coefficient (Wildman–Crippen LogP) is 2.98. The van der Waals surface area contributed by atoms with E-state index < -0.39 is 0 Å². The first-order valence-corrected chi connectivity index (χ1v) is 7.02. The van der Waals surface area contributed by atoms with Crippen LogP contribution in [-0.2, 0) is 6.42 Å². The molecule has 0 saturated carbocycles. The van der Waals surface area contributed by atoms with Crippen LogP contribution in [-0.4, -0.2) is 23.1 Å². The van der Waals surface area contributed by atoms with Gasteiger partial charge in [0.05, 0.1) is 6.61 Å². The van der Waals surface area contributed by atoms with Crippen LogP contribution in [0, 0.1) is 0 Å². The summed E-state index contributed by atoms with van der Waals surface area (Å²) in [7, 11) is 0. The third kappa shape index (κ3) is 4.00. The molecule has 18 heavy (non-hydrogen) atoms. The summed E-state index contributed by atoms with van der Waals surface area (Å²) in [5, 5.41) is 7.53. The maximum Gasteiger partial charge on any atom is 0.218 e. The Balaban J connectivity index is 1.81. The number of nitrogens with one attached hydrogen (secondary N) is 1. The van der Waals surface area contributed by atoms with Gasteiger partial charge in [0.1, 0.15) is 12.1 Å². The molecule has 2 aromatic heterocycles. The topological polar surface area (TPSA) is 47.0 Å². The van der Waals surface area contributed by atoms with Crippen molar-refractivity contribution in [3.63, 3.8) is 0 Å². The van der Waals surface area contributed by atoms with E-state index in [1.807, 2.05) is 6.07 Å². The van der Waals surface area contributed by atoms with E-state index in [-0.39, 0.29) is 0 Å². The first-order valence-electron chi connectivity index (χ1n) is 6.08. The molecule has 2 rings (SSSR count). The summed E-state index contributed by atoms with van der Waals surface area (Å²) < 4.78 is 5.46. The van der Waals surface area contributed by atoms with Gasteiger partial charge >= 0.3 is 0 Å². The lowest BCUT2D eigenvalue weighted by Gasteiger charge is -2.07. The number of hydrogen-bond acceptors (Lipinski definition) is 5. The molecule has 1 N–H and O–H groups in total. The van der Waals surface area contributed by atoms with Crippen molar-refractivity contribution >= 4 is 17.2 Å². The monoisotopic (exact) mass is 263 g/mol. The van der Waals surface area contributed by atoms with Crippen molar-refractivity contribution in [1.29, 1.82) is 0 Å². The van der Waals surface area contributed by atoms with Crippen LogP contribution in [0.3, 0.4) is 0 Å². The van der Waals surface area contributed by atoms with Crippen LogP contribution < -0.4 is 10.1 Å². The number of hydrogen-bond donors (Lipinski definition) is 1. The summed E-state index contributed by atoms with van der Waals surface area (Å²) in [5.74, 6) is 1.44. The normalized spacial score (nSPS) is 10.3. The number of aromatic nitrogens is 2. The summed E-state index contributed by atoms with van der Waals surface area (Å²) in [5.41, 5.74) is 1.35. The van der Waals surface area contributed by atoms with E-state index in [2.05, 4.69) is 39.0 Å². The van der Waals surface area contributed by atoms with Crippen LogP contribution in [0.2, 0.25) is 0 Å². The molecule has 0 unspecified atom stereocenters. The van der Waals surface area contributed by atoms with Crippen LogP contribution in [0.25, 0.3) is 0 Å². The fourth-order valence-electron chi connectivity index (χ4n) is 1.49. The first kappa shape index (κ1) is 12.8. The van der Waals surface area contributed by atoms with E-state index in [1.165, 1.54) is 11.9 Å². The van der Waals surface area contributed by atoms with Crippen molar-refractivity contribution in [2.75, 3.05) is 18.5 Å². The maximum absolute atomic E-state index is 5.46. The van der Waals surface area contributed by atoms with Crippen LogP contribution in [0.4, 0.5) is 5.82 Å². The molecule has 0 radical (unpaired) electrons. The third-order valence-electron chi connectivity index (χ3n) is 2.40. The highest BCUT2D eigenvalue weighted by Gasteiger charge is 1.99. The van der Waals surface area contributed by atoms with E-state index in [0.29, 0.717) is 12.5 Å². The fraction of sp³-hybridized carbons (Fsp3) is 0.385. The molecule has 5 heteroatoms. The van der Waals surface area contributed by atoms with Gasteiger partial charge in [0.25, 0.3) is 0 Å². The van der Waals surface area contributed by atoms with Gasteiger partial charge in [-0.25, -0.2) is 9.97 Å². The molecule has 0 aliphatic heterocycles. The zero-order valence-corrected chi connectivity index (χ0v) is 11.2. The second kappa shape index (κ2) is 6.96. The Bertz CT molecular complexity index is 459. The molecular formula is C13H17N3OS. The van der Waals surface area contributed by atoms with Gasteiger partial charge in [0.2, 0.25) is 5.88 Å². The summed E-state index contributed by atoms with van der Waals surface area (Å²) in [6, 6.07) is 3.98. The number of nitrogens with zero attached hydrogens (tertiary/aromatic N) is 2. The summed E-state index contributed by atoms with van der Waals surface area (Å²) >= 11 is 1.72. The lowest BCUT2D eigenvalue weighted by atomic mass is 10.2. The molecule has 0 amide bonds. The van der Waals surface area contributed by atoms with Gasteiger partial charge in [0.15, 0.2) is 0 Å². The molecule has 0 spiro atoms. The van der Waals surface area contributed by atoms with E-state index in [4.69, 9.17) is 4.74 Å². The van der Waals surface area contributed by atoms with Crippen molar-refractivity contribution < 1.29 is 4.74 Å². The Morgan fingerprint density at radius 1 is 1.39 bits per heavy atom. The Morgan fingerprint density at radius 2 is 2.33 bits per heavy atom. The molecule has 0 aromatic carbocycles. The standard InChI is InChI=1S/C13H17N3OS/c1-2-6-17-13-8-12(15-10-16-13)14-5-3-11-4-7-18-9-11/h4,7-10H,2-3,5-6H2,1H3,(H,14,15,16). The second-order valence-corrected chi connectivity index (χ2v) is 4.68. The number of thiophene rings is 1. The molecule has 0 aliphatic rings. The number of rotatable bonds is 7. The largest absolute Gasteiger partial charge is 0.478 e. The van der Waals surface area contributed by atoms with Crippen LogP contribution in [0.1, 0.15) is 18.9 Å². The van der Waals surface area contributed by atoms with Crippen molar-refractivity contribution in [3.8, 4) is 5.88 Å². The molecule has 0 bridgehead atoms. The Kier molecular flexibility index (Phi) is 4.96. The second-order valence-electron chi connectivity index (χ2n) is 3.90. The quantitative estimate of drug-likeness (QED) is 0.834. The van der Waals surface area contributed by atoms with Crippen molar-refractivity contribution in [2.24, 2.45) is 0 Å². The van der Waals surface area contributed by atoms with Crippen molar-refractivity contribution in [3.05, 3.63) is 34.8 Å². The molecule has 4 nitrogen and oxygen atoms in total. The zero-order chi connectivity index (χ0) is 12.6. The van der Waals surface area contributed by atoms with E-state index in [9.17, 15) is 0 Å². The highest BCUT2D eigenvalue weighted by atomic mass is 32.1. The maximum atomic E-state index is 5.46.